The van der Waals surface area contributed by atoms with Crippen LogP contribution in [0.25, 0.3) is 0 Å². The summed E-state index contributed by atoms with van der Waals surface area (Å²) in [5.74, 6) is -1.80. The van der Waals surface area contributed by atoms with E-state index in [0.29, 0.717) is 10.7 Å². The lowest BCUT2D eigenvalue weighted by Crippen LogP contribution is -3.19. The summed E-state index contributed by atoms with van der Waals surface area (Å²) in [5.41, 5.74) is 1.08. The number of hydrogen-bond donors (Lipinski definition) is 2. The van der Waals surface area contributed by atoms with Gasteiger partial charge < -0.3 is 10.2 Å². The number of carbonyl (C=O) groups excluding carboxylic acids is 3. The van der Waals surface area contributed by atoms with E-state index in [9.17, 15) is 14.4 Å². The second-order valence-corrected chi connectivity index (χ2v) is 8.76. The number of nitrogens with one attached hydrogen (secondary N) is 2. The van der Waals surface area contributed by atoms with Crippen molar-refractivity contribution in [3.63, 3.8) is 0 Å². The number of benzene rings is 2. The van der Waals surface area contributed by atoms with E-state index in [1.54, 1.807) is 24.3 Å². The number of carbonyl (C=O) groups is 3. The van der Waals surface area contributed by atoms with Crippen LogP contribution in [0.3, 0.4) is 0 Å². The van der Waals surface area contributed by atoms with Crippen LogP contribution in [0.4, 0.5) is 11.4 Å². The first kappa shape index (κ1) is 17.2. The normalized spacial score (nSPS) is 34.5. The molecule has 3 saturated heterocycles. The molecule has 4 aliphatic heterocycles. The largest absolute Gasteiger partial charge is 0.320 e. The van der Waals surface area contributed by atoms with Gasteiger partial charge in [0.05, 0.1) is 17.9 Å². The zero-order valence-corrected chi connectivity index (χ0v) is 16.3. The Labute approximate surface area is 172 Å². The molecule has 0 bridgehead atoms. The zero-order chi connectivity index (χ0) is 19.9. The minimum Gasteiger partial charge on any atom is -0.320 e. The van der Waals surface area contributed by atoms with Gasteiger partial charge in [0.2, 0.25) is 17.4 Å². The molecule has 2 aromatic rings. The third kappa shape index (κ3) is 1.93. The molecule has 2 N–H and O–H groups in total. The summed E-state index contributed by atoms with van der Waals surface area (Å²) in [6, 6.07) is 14.3. The van der Waals surface area contributed by atoms with Crippen LogP contribution in [0.2, 0.25) is 5.02 Å². The molecule has 0 radical (unpaired) electrons. The van der Waals surface area contributed by atoms with Gasteiger partial charge in [-0.05, 0) is 30.3 Å². The maximum atomic E-state index is 13.7. The fraction of sp³-hybridized carbons (Fsp3) is 0.318. The van der Waals surface area contributed by atoms with Gasteiger partial charge in [0.25, 0.3) is 5.91 Å². The molecule has 1 unspecified atom stereocenters. The van der Waals surface area contributed by atoms with Crippen LogP contribution >= 0.6 is 11.6 Å². The van der Waals surface area contributed by atoms with E-state index in [1.807, 2.05) is 24.3 Å². The third-order valence-electron chi connectivity index (χ3n) is 7.21. The second kappa shape index (κ2) is 5.68. The van der Waals surface area contributed by atoms with Gasteiger partial charge in [-0.1, -0.05) is 29.8 Å². The first-order valence-corrected chi connectivity index (χ1v) is 10.3. The first-order valence-electron chi connectivity index (χ1n) is 9.95. The highest BCUT2D eigenvalue weighted by Gasteiger charge is 2.78. The lowest BCUT2D eigenvalue weighted by molar-refractivity contribution is -0.948. The molecule has 0 aromatic heterocycles. The van der Waals surface area contributed by atoms with Crippen molar-refractivity contribution in [2.24, 2.45) is 11.8 Å². The van der Waals surface area contributed by atoms with E-state index in [1.165, 1.54) is 4.90 Å². The lowest BCUT2D eigenvalue weighted by atomic mass is 9.75. The summed E-state index contributed by atoms with van der Waals surface area (Å²) in [6.45, 7) is 0.793. The molecule has 3 amide bonds. The predicted molar refractivity (Wildman–Crippen MR) is 107 cm³/mol. The minimum atomic E-state index is -1.03. The fourth-order valence-corrected chi connectivity index (χ4v) is 6.39. The van der Waals surface area contributed by atoms with Gasteiger partial charge in [0.1, 0.15) is 17.9 Å². The van der Waals surface area contributed by atoms with Gasteiger partial charge in [0, 0.05) is 23.4 Å². The number of fused-ring (bicyclic) bond motifs is 7. The van der Waals surface area contributed by atoms with Crippen molar-refractivity contribution >= 4 is 40.7 Å². The van der Waals surface area contributed by atoms with Crippen molar-refractivity contribution in [3.05, 3.63) is 59.1 Å². The Hall–Kier alpha value is -2.70. The summed E-state index contributed by atoms with van der Waals surface area (Å²) in [7, 11) is 0. The molecule has 1 spiro atoms. The van der Waals surface area contributed by atoms with Crippen LogP contribution in [0.5, 0.6) is 0 Å². The Morgan fingerprint density at radius 3 is 2.59 bits per heavy atom. The van der Waals surface area contributed by atoms with Crippen LogP contribution in [-0.2, 0) is 19.9 Å². The van der Waals surface area contributed by atoms with E-state index >= 15 is 0 Å². The monoisotopic (exact) mass is 408 g/mol. The summed E-state index contributed by atoms with van der Waals surface area (Å²) in [6.07, 6.45) is 1.80. The Balaban J connectivity index is 1.55. The molecule has 4 aliphatic rings. The van der Waals surface area contributed by atoms with E-state index < -0.39 is 17.4 Å². The molecule has 3 fully saturated rings. The maximum absolute atomic E-state index is 13.7. The smallest absolute Gasteiger partial charge is 0.291 e. The second-order valence-electron chi connectivity index (χ2n) is 8.32. The summed E-state index contributed by atoms with van der Waals surface area (Å²) in [4.78, 5) is 43.0. The standard InChI is InChI=1S/C22H18ClN3O3/c23-12-7-9-13(10-8-12)26-19(27)17-16-6-3-11-25(16)22(18(17)20(26)28)14-4-1-2-5-15(14)24-21(22)29/h1-2,4-5,7-10,16-18H,3,6,11H2,(H,24,29)/p+1/t16-,17-,18-,22-/m1/s1. The average molecular weight is 409 g/mol. The first-order chi connectivity index (χ1) is 14.0. The molecular weight excluding hydrogens is 390 g/mol. The third-order valence-corrected chi connectivity index (χ3v) is 7.46. The summed E-state index contributed by atoms with van der Waals surface area (Å²) >= 11 is 5.99. The Bertz CT molecular complexity index is 1080. The Morgan fingerprint density at radius 2 is 1.79 bits per heavy atom. The molecule has 7 heteroatoms. The number of quaternary nitrogens is 1. The molecule has 4 heterocycles. The predicted octanol–water partition coefficient (Wildman–Crippen LogP) is 1.35. The van der Waals surface area contributed by atoms with Crippen molar-refractivity contribution in [3.8, 4) is 0 Å². The lowest BCUT2D eigenvalue weighted by Gasteiger charge is -2.33. The quantitative estimate of drug-likeness (QED) is 0.700. The van der Waals surface area contributed by atoms with Gasteiger partial charge in [-0.3, -0.25) is 14.4 Å². The molecule has 29 heavy (non-hydrogen) atoms. The van der Waals surface area contributed by atoms with E-state index in [2.05, 4.69) is 5.32 Å². The molecule has 146 valence electrons. The highest BCUT2D eigenvalue weighted by molar-refractivity contribution is 6.31. The average Bonchev–Trinajstić information content (AvgIpc) is 3.41. The number of halogens is 1. The fourth-order valence-electron chi connectivity index (χ4n) is 6.26. The highest BCUT2D eigenvalue weighted by Crippen LogP contribution is 2.52. The van der Waals surface area contributed by atoms with Crippen LogP contribution < -0.4 is 15.1 Å². The van der Waals surface area contributed by atoms with E-state index in [0.717, 1.165) is 35.5 Å². The summed E-state index contributed by atoms with van der Waals surface area (Å²) in [5, 5.41) is 3.54. The van der Waals surface area contributed by atoms with Gasteiger partial charge in [-0.25, -0.2) is 4.90 Å². The van der Waals surface area contributed by atoms with Crippen LogP contribution in [0, 0.1) is 11.8 Å². The van der Waals surface area contributed by atoms with Crippen LogP contribution in [0.15, 0.2) is 48.5 Å². The number of para-hydroxylation sites is 1. The topological polar surface area (TPSA) is 70.9 Å². The van der Waals surface area contributed by atoms with Crippen LogP contribution in [-0.4, -0.2) is 30.3 Å². The molecular formula is C22H19ClN3O3+. The van der Waals surface area contributed by atoms with Crippen molar-refractivity contribution in [2.75, 3.05) is 16.8 Å². The maximum Gasteiger partial charge on any atom is 0.291 e. The Kier molecular flexibility index (Phi) is 3.36. The molecule has 5 atom stereocenters. The number of nitrogens with zero attached hydrogens (tertiary/aromatic N) is 1. The SMILES string of the molecule is O=C1[C@@H]2[C@H]3CCC[NH+]3[C@@]3(C(=O)Nc4ccccc43)[C@H]2C(=O)N1c1ccc(Cl)cc1. The van der Waals surface area contributed by atoms with Crippen molar-refractivity contribution in [1.82, 2.24) is 0 Å². The van der Waals surface area contributed by atoms with Gasteiger partial charge >= 0.3 is 0 Å². The van der Waals surface area contributed by atoms with Crippen molar-refractivity contribution < 1.29 is 19.3 Å². The molecule has 0 aliphatic carbocycles. The number of rotatable bonds is 1. The molecule has 0 saturated carbocycles. The summed E-state index contributed by atoms with van der Waals surface area (Å²) < 4.78 is 0. The van der Waals surface area contributed by atoms with Gasteiger partial charge in [0.15, 0.2) is 0 Å². The van der Waals surface area contributed by atoms with Crippen molar-refractivity contribution in [2.45, 2.75) is 24.4 Å². The number of amides is 3. The highest BCUT2D eigenvalue weighted by atomic mass is 35.5. The van der Waals surface area contributed by atoms with Crippen LogP contribution in [0.1, 0.15) is 18.4 Å². The van der Waals surface area contributed by atoms with Gasteiger partial charge in [-0.15, -0.1) is 0 Å². The zero-order valence-electron chi connectivity index (χ0n) is 15.5. The van der Waals surface area contributed by atoms with E-state index in [4.69, 9.17) is 11.6 Å². The number of anilines is 2. The number of hydrogen-bond acceptors (Lipinski definition) is 3. The van der Waals surface area contributed by atoms with Gasteiger partial charge in [-0.2, -0.15) is 0 Å². The number of imide groups is 1. The van der Waals surface area contributed by atoms with Crippen molar-refractivity contribution in [1.29, 1.82) is 0 Å². The Morgan fingerprint density at radius 1 is 1.03 bits per heavy atom. The molecule has 6 nitrogen and oxygen atoms in total. The minimum absolute atomic E-state index is 0.0225. The molecule has 6 rings (SSSR count). The van der Waals surface area contributed by atoms with E-state index in [-0.39, 0.29) is 23.8 Å². The molecule has 2 aromatic carbocycles.